The van der Waals surface area contributed by atoms with Crippen molar-refractivity contribution in [3.05, 3.63) is 41.5 Å². The Labute approximate surface area is 171 Å². The van der Waals surface area contributed by atoms with Gasteiger partial charge < -0.3 is 10.0 Å². The number of rotatable bonds is 5. The summed E-state index contributed by atoms with van der Waals surface area (Å²) in [6, 6.07) is 8.92. The zero-order chi connectivity index (χ0) is 20.4. The summed E-state index contributed by atoms with van der Waals surface area (Å²) in [4.78, 5) is 4.29. The maximum absolute atomic E-state index is 12.7. The number of alkyl halides is 3. The predicted octanol–water partition coefficient (Wildman–Crippen LogP) is 4.43. The lowest BCUT2D eigenvalue weighted by molar-refractivity contribution is -0.140. The fourth-order valence-electron chi connectivity index (χ4n) is 5.35. The number of hydrogen-bond donors (Lipinski definition) is 1. The number of nitrogens with zero attached hydrogens (tertiary/aromatic N) is 2. The van der Waals surface area contributed by atoms with Crippen LogP contribution < -0.4 is 0 Å². The quantitative estimate of drug-likeness (QED) is 0.781. The second-order valence-corrected chi connectivity index (χ2v) is 8.70. The third kappa shape index (κ3) is 4.70. The molecule has 2 saturated heterocycles. The highest BCUT2D eigenvalue weighted by Gasteiger charge is 2.49. The van der Waals surface area contributed by atoms with Gasteiger partial charge in [-0.3, -0.25) is 4.90 Å². The fourth-order valence-corrected chi connectivity index (χ4v) is 5.35. The molecule has 3 atom stereocenters. The first-order valence-electron chi connectivity index (χ1n) is 10.9. The Morgan fingerprint density at radius 1 is 1.03 bits per heavy atom. The second-order valence-electron chi connectivity index (χ2n) is 8.70. The summed E-state index contributed by atoms with van der Waals surface area (Å²) in [5.74, 6) is 0.179. The molecule has 0 saturated carbocycles. The van der Waals surface area contributed by atoms with Crippen molar-refractivity contribution in [2.24, 2.45) is 0 Å². The van der Waals surface area contributed by atoms with E-state index in [1.165, 1.54) is 23.1 Å². The van der Waals surface area contributed by atoms with Gasteiger partial charge in [-0.15, -0.1) is 0 Å². The number of fused-ring (bicyclic) bond motifs is 1. The maximum atomic E-state index is 12.7. The normalized spacial score (nSPS) is 29.0. The average molecular weight is 409 g/mol. The van der Waals surface area contributed by atoms with Crippen molar-refractivity contribution in [2.45, 2.75) is 62.7 Å². The first-order chi connectivity index (χ1) is 14.0. The number of allylic oxidation sites excluding steroid dienone is 2. The molecule has 6 heteroatoms. The molecule has 2 fully saturated rings. The Kier molecular flexibility index (Phi) is 6.32. The van der Waals surface area contributed by atoms with E-state index in [0.29, 0.717) is 6.54 Å². The molecule has 0 bridgehead atoms. The molecule has 4 rings (SSSR count). The predicted molar refractivity (Wildman–Crippen MR) is 109 cm³/mol. The van der Waals surface area contributed by atoms with E-state index in [9.17, 15) is 18.3 Å². The summed E-state index contributed by atoms with van der Waals surface area (Å²) in [6.45, 7) is 2.45. The topological polar surface area (TPSA) is 26.7 Å². The highest BCUT2D eigenvalue weighted by molar-refractivity contribution is 5.67. The zero-order valence-corrected chi connectivity index (χ0v) is 16.9. The van der Waals surface area contributed by atoms with E-state index < -0.39 is 12.6 Å². The standard InChI is InChI=1S/C23H31F3N2O/c24-23(25,26)11-14-27-12-3-4-13-28-20(15-27)22(21(28)16-29)19-9-7-18(8-10-19)17-5-1-2-6-17/h5,7-10,20-22,29H,1-4,6,11-16H2/t20-,21-,22+/m1/s1. The van der Waals surface area contributed by atoms with Crippen molar-refractivity contribution < 1.29 is 18.3 Å². The van der Waals surface area contributed by atoms with Crippen LogP contribution in [0.15, 0.2) is 30.3 Å². The molecule has 1 N–H and O–H groups in total. The van der Waals surface area contributed by atoms with Crippen LogP contribution in [0.2, 0.25) is 0 Å². The van der Waals surface area contributed by atoms with Crippen molar-refractivity contribution in [1.82, 2.24) is 9.80 Å². The Morgan fingerprint density at radius 2 is 1.79 bits per heavy atom. The van der Waals surface area contributed by atoms with Crippen LogP contribution >= 0.6 is 0 Å². The molecule has 0 spiro atoms. The molecule has 0 radical (unpaired) electrons. The first kappa shape index (κ1) is 20.9. The SMILES string of the molecule is OC[C@@H]1[C@@H](c2ccc(C3=CCCC3)cc2)[C@H]2CN(CCC(F)(F)F)CCCCN12. The number of aliphatic hydroxyl groups is 1. The maximum Gasteiger partial charge on any atom is 0.390 e. The van der Waals surface area contributed by atoms with Crippen LogP contribution in [0, 0.1) is 0 Å². The molecule has 3 nitrogen and oxygen atoms in total. The Balaban J connectivity index is 1.49. The van der Waals surface area contributed by atoms with E-state index in [-0.39, 0.29) is 31.2 Å². The summed E-state index contributed by atoms with van der Waals surface area (Å²) in [5.41, 5.74) is 3.88. The lowest BCUT2D eigenvalue weighted by Gasteiger charge is -2.57. The number of halogens is 3. The minimum absolute atomic E-state index is 0.0669. The molecule has 2 heterocycles. The zero-order valence-electron chi connectivity index (χ0n) is 16.9. The molecule has 0 aromatic heterocycles. The van der Waals surface area contributed by atoms with E-state index in [0.717, 1.165) is 38.8 Å². The second kappa shape index (κ2) is 8.78. The number of aliphatic hydroxyl groups excluding tert-OH is 1. The van der Waals surface area contributed by atoms with Crippen molar-refractivity contribution in [3.8, 4) is 0 Å². The molecule has 3 aliphatic rings. The van der Waals surface area contributed by atoms with Gasteiger partial charge in [0.25, 0.3) is 0 Å². The van der Waals surface area contributed by atoms with Gasteiger partial charge in [0, 0.05) is 31.1 Å². The highest BCUT2D eigenvalue weighted by atomic mass is 19.4. The Bertz CT molecular complexity index is 716. The highest BCUT2D eigenvalue weighted by Crippen LogP contribution is 2.42. The van der Waals surface area contributed by atoms with Gasteiger partial charge in [-0.1, -0.05) is 30.3 Å². The monoisotopic (exact) mass is 408 g/mol. The Hall–Kier alpha value is -1.37. The van der Waals surface area contributed by atoms with E-state index in [4.69, 9.17) is 0 Å². The molecule has 2 aliphatic heterocycles. The van der Waals surface area contributed by atoms with Gasteiger partial charge in [0.1, 0.15) is 0 Å². The molecular weight excluding hydrogens is 377 g/mol. The van der Waals surface area contributed by atoms with E-state index >= 15 is 0 Å². The molecule has 0 unspecified atom stereocenters. The van der Waals surface area contributed by atoms with Crippen LogP contribution in [0.3, 0.4) is 0 Å². The van der Waals surface area contributed by atoms with Crippen LogP contribution in [0.1, 0.15) is 55.6 Å². The number of hydrogen-bond acceptors (Lipinski definition) is 3. The minimum atomic E-state index is -4.11. The van der Waals surface area contributed by atoms with E-state index in [2.05, 4.69) is 35.2 Å². The molecule has 1 aliphatic carbocycles. The van der Waals surface area contributed by atoms with Crippen molar-refractivity contribution in [3.63, 3.8) is 0 Å². The van der Waals surface area contributed by atoms with Gasteiger partial charge >= 0.3 is 6.18 Å². The van der Waals surface area contributed by atoms with Crippen LogP contribution in [-0.4, -0.2) is 66.0 Å². The van der Waals surface area contributed by atoms with Crippen LogP contribution in [0.5, 0.6) is 0 Å². The summed E-state index contributed by atoms with van der Waals surface area (Å²) >= 11 is 0. The van der Waals surface area contributed by atoms with Crippen LogP contribution in [0.4, 0.5) is 13.2 Å². The van der Waals surface area contributed by atoms with Gasteiger partial charge in [0.05, 0.1) is 13.0 Å². The Morgan fingerprint density at radius 3 is 2.45 bits per heavy atom. The van der Waals surface area contributed by atoms with Crippen molar-refractivity contribution in [2.75, 3.05) is 32.8 Å². The minimum Gasteiger partial charge on any atom is -0.395 e. The van der Waals surface area contributed by atoms with E-state index in [1.54, 1.807) is 0 Å². The van der Waals surface area contributed by atoms with Gasteiger partial charge in [-0.05, 0) is 61.9 Å². The molecular formula is C23H31F3N2O. The number of benzene rings is 1. The van der Waals surface area contributed by atoms with Crippen LogP contribution in [-0.2, 0) is 0 Å². The average Bonchev–Trinajstić information content (AvgIpc) is 3.20. The van der Waals surface area contributed by atoms with E-state index in [1.807, 2.05) is 4.90 Å². The molecule has 1 aromatic carbocycles. The molecule has 0 amide bonds. The largest absolute Gasteiger partial charge is 0.395 e. The van der Waals surface area contributed by atoms with Gasteiger partial charge in [-0.2, -0.15) is 13.2 Å². The molecule has 1 aromatic rings. The third-order valence-corrected chi connectivity index (χ3v) is 6.87. The van der Waals surface area contributed by atoms with Gasteiger partial charge in [0.2, 0.25) is 0 Å². The fraction of sp³-hybridized carbons (Fsp3) is 0.652. The summed E-state index contributed by atoms with van der Waals surface area (Å²) in [6.07, 6.45) is 2.82. The lowest BCUT2D eigenvalue weighted by atomic mass is 9.74. The summed E-state index contributed by atoms with van der Waals surface area (Å²) in [7, 11) is 0. The molecule has 29 heavy (non-hydrogen) atoms. The smallest absolute Gasteiger partial charge is 0.390 e. The summed E-state index contributed by atoms with van der Waals surface area (Å²) < 4.78 is 38.2. The molecule has 160 valence electrons. The van der Waals surface area contributed by atoms with Crippen LogP contribution in [0.25, 0.3) is 5.57 Å². The first-order valence-corrected chi connectivity index (χ1v) is 10.9. The van der Waals surface area contributed by atoms with Gasteiger partial charge in [-0.25, -0.2) is 0 Å². The third-order valence-electron chi connectivity index (χ3n) is 6.87. The van der Waals surface area contributed by atoms with Crippen molar-refractivity contribution >= 4 is 5.57 Å². The summed E-state index contributed by atoms with van der Waals surface area (Å²) in [5, 5.41) is 10.0. The van der Waals surface area contributed by atoms with Gasteiger partial charge in [0.15, 0.2) is 0 Å². The lowest BCUT2D eigenvalue weighted by Crippen LogP contribution is -2.67. The van der Waals surface area contributed by atoms with Crippen molar-refractivity contribution in [1.29, 1.82) is 0 Å².